The SMILES string of the molecule is FN(F)CC(OC(CN(F)F)N(F)F)N(F)F. The Morgan fingerprint density at radius 2 is 0.941 bits per heavy atom. The van der Waals surface area contributed by atoms with Crippen LogP contribution in [0.5, 0.6) is 0 Å². The average Bonchev–Trinajstić information content (AvgIpc) is 2.13. The van der Waals surface area contributed by atoms with Crippen LogP contribution in [0.4, 0.5) is 35.9 Å². The molecule has 0 radical (unpaired) electrons. The fourth-order valence-electron chi connectivity index (χ4n) is 0.719. The minimum atomic E-state index is -2.79. The summed E-state index contributed by atoms with van der Waals surface area (Å²) in [4.78, 5) is 0. The Bertz CT molecular complexity index is 186. The minimum absolute atomic E-state index is 1.77. The second-order valence-corrected chi connectivity index (χ2v) is 2.53. The molecule has 0 rings (SSSR count). The second-order valence-electron chi connectivity index (χ2n) is 2.53. The van der Waals surface area contributed by atoms with Crippen LogP contribution < -0.4 is 0 Å². The molecular formula is C4H6F8N4O. The molecule has 0 aliphatic rings. The van der Waals surface area contributed by atoms with Gasteiger partial charge < -0.3 is 4.74 Å². The molecule has 0 heterocycles. The van der Waals surface area contributed by atoms with E-state index in [0.717, 1.165) is 0 Å². The molecular weight excluding hydrogens is 272 g/mol. The zero-order valence-electron chi connectivity index (χ0n) is 7.79. The molecule has 0 spiro atoms. The minimum Gasteiger partial charge on any atom is -0.331 e. The summed E-state index contributed by atoms with van der Waals surface area (Å²) in [5, 5.41) is -7.42. The second kappa shape index (κ2) is 7.54. The van der Waals surface area contributed by atoms with Gasteiger partial charge in [-0.3, -0.25) is 0 Å². The van der Waals surface area contributed by atoms with E-state index < -0.39 is 46.9 Å². The topological polar surface area (TPSA) is 22.2 Å². The van der Waals surface area contributed by atoms with Crippen LogP contribution in [0.2, 0.25) is 0 Å². The van der Waals surface area contributed by atoms with E-state index in [0.29, 0.717) is 0 Å². The fourth-order valence-corrected chi connectivity index (χ4v) is 0.719. The highest BCUT2D eigenvalue weighted by Crippen LogP contribution is 2.14. The van der Waals surface area contributed by atoms with Gasteiger partial charge in [0.25, 0.3) is 0 Å². The van der Waals surface area contributed by atoms with Crippen LogP contribution in [0.3, 0.4) is 0 Å². The zero-order chi connectivity index (χ0) is 13.6. The number of halogens is 8. The highest BCUT2D eigenvalue weighted by Gasteiger charge is 2.32. The van der Waals surface area contributed by atoms with E-state index >= 15 is 0 Å². The lowest BCUT2D eigenvalue weighted by Crippen LogP contribution is -2.43. The molecule has 0 aliphatic carbocycles. The molecule has 0 aromatic heterocycles. The quantitative estimate of drug-likeness (QED) is 0.383. The molecule has 2 atom stereocenters. The van der Waals surface area contributed by atoms with E-state index in [4.69, 9.17) is 0 Å². The first kappa shape index (κ1) is 16.2. The number of nitrogens with zero attached hydrogens (tertiary/aromatic N) is 4. The van der Waals surface area contributed by atoms with Crippen LogP contribution in [0.25, 0.3) is 0 Å². The summed E-state index contributed by atoms with van der Waals surface area (Å²) in [6.07, 6.45) is -5.58. The summed E-state index contributed by atoms with van der Waals surface area (Å²) >= 11 is 0. The molecule has 5 nitrogen and oxygen atoms in total. The molecule has 0 N–H and O–H groups in total. The van der Waals surface area contributed by atoms with Gasteiger partial charge in [-0.25, -0.2) is 0 Å². The van der Waals surface area contributed by atoms with E-state index in [-0.39, 0.29) is 0 Å². The molecule has 0 saturated carbocycles. The summed E-state index contributed by atoms with van der Waals surface area (Å²) in [6.45, 7) is -3.54. The maximum absolute atomic E-state index is 11.9. The van der Waals surface area contributed by atoms with Gasteiger partial charge in [-0.2, -0.15) is 0 Å². The Labute approximate surface area is 88.8 Å². The van der Waals surface area contributed by atoms with Gasteiger partial charge in [-0.15, -0.1) is 17.9 Å². The summed E-state index contributed by atoms with van der Waals surface area (Å²) in [5.74, 6) is 0. The fraction of sp³-hybridized carbons (Fsp3) is 1.00. The lowest BCUT2D eigenvalue weighted by molar-refractivity contribution is -0.361. The standard InChI is InChI=1S/C4H6F8N4O/c5-13(6)1-3(15(9)10)17-4(16(11)12)2-14(7)8/h3-4H,1-2H2. The van der Waals surface area contributed by atoms with Crippen LogP contribution in [0, 0.1) is 0 Å². The van der Waals surface area contributed by atoms with Crippen LogP contribution in [0.1, 0.15) is 0 Å². The van der Waals surface area contributed by atoms with Crippen molar-refractivity contribution in [1.29, 1.82) is 0 Å². The molecule has 0 bridgehead atoms. The van der Waals surface area contributed by atoms with E-state index in [2.05, 4.69) is 4.74 Å². The van der Waals surface area contributed by atoms with Crippen molar-refractivity contribution in [3.05, 3.63) is 0 Å². The average molecular weight is 278 g/mol. The Balaban J connectivity index is 4.45. The van der Waals surface area contributed by atoms with Crippen molar-refractivity contribution in [2.75, 3.05) is 13.1 Å². The first-order valence-corrected chi connectivity index (χ1v) is 3.79. The molecule has 0 aromatic carbocycles. The summed E-state index contributed by atoms with van der Waals surface area (Å²) in [5.41, 5.74) is 0. The van der Waals surface area contributed by atoms with Crippen LogP contribution in [-0.2, 0) is 4.74 Å². The number of hydrogen-bond acceptors (Lipinski definition) is 5. The van der Waals surface area contributed by atoms with Gasteiger partial charge in [0, 0.05) is 10.7 Å². The van der Waals surface area contributed by atoms with Crippen molar-refractivity contribution in [3.8, 4) is 0 Å². The zero-order valence-corrected chi connectivity index (χ0v) is 7.79. The molecule has 0 aliphatic heterocycles. The third kappa shape index (κ3) is 7.22. The Morgan fingerprint density at radius 3 is 1.12 bits per heavy atom. The van der Waals surface area contributed by atoms with Crippen molar-refractivity contribution < 1.29 is 40.6 Å². The van der Waals surface area contributed by atoms with Crippen LogP contribution in [-0.4, -0.2) is 46.9 Å². The van der Waals surface area contributed by atoms with Gasteiger partial charge in [-0.1, -0.05) is 17.9 Å². The molecule has 104 valence electrons. The molecule has 0 saturated heterocycles. The summed E-state index contributed by atoms with van der Waals surface area (Å²) < 4.78 is 97.7. The van der Waals surface area contributed by atoms with E-state index in [1.165, 1.54) is 0 Å². The molecule has 2 unspecified atom stereocenters. The van der Waals surface area contributed by atoms with Gasteiger partial charge in [0.05, 0.1) is 10.7 Å². The van der Waals surface area contributed by atoms with Gasteiger partial charge in [0.15, 0.2) is 12.5 Å². The van der Waals surface area contributed by atoms with E-state index in [1.807, 2.05) is 0 Å². The first-order valence-electron chi connectivity index (χ1n) is 3.79. The van der Waals surface area contributed by atoms with Gasteiger partial charge in [0.1, 0.15) is 13.1 Å². The molecule has 13 heteroatoms. The van der Waals surface area contributed by atoms with Gasteiger partial charge >= 0.3 is 0 Å². The lowest BCUT2D eigenvalue weighted by atomic mass is 10.5. The Kier molecular flexibility index (Phi) is 7.21. The van der Waals surface area contributed by atoms with Crippen molar-refractivity contribution >= 4 is 0 Å². The van der Waals surface area contributed by atoms with Crippen LogP contribution >= 0.6 is 0 Å². The van der Waals surface area contributed by atoms with Crippen molar-refractivity contribution in [2.24, 2.45) is 0 Å². The monoisotopic (exact) mass is 278 g/mol. The smallest absolute Gasteiger partial charge is 0.190 e. The summed E-state index contributed by atoms with van der Waals surface area (Å²) in [6, 6.07) is 0. The van der Waals surface area contributed by atoms with Crippen LogP contribution in [0.15, 0.2) is 0 Å². The predicted octanol–water partition coefficient (Wildman–Crippen LogP) is 1.94. The Hall–Kier alpha value is -0.760. The normalized spacial score (nSPS) is 16.2. The first-order chi connectivity index (χ1) is 7.73. The maximum atomic E-state index is 11.9. The third-order valence-electron chi connectivity index (χ3n) is 1.34. The molecule has 17 heavy (non-hydrogen) atoms. The molecule has 0 fully saturated rings. The van der Waals surface area contributed by atoms with Gasteiger partial charge in [-0.05, 0) is 0 Å². The largest absolute Gasteiger partial charge is 0.331 e. The van der Waals surface area contributed by atoms with Crippen molar-refractivity contribution in [2.45, 2.75) is 12.5 Å². The molecule has 0 aromatic rings. The van der Waals surface area contributed by atoms with E-state index in [1.54, 1.807) is 0 Å². The summed E-state index contributed by atoms with van der Waals surface area (Å²) in [7, 11) is 0. The highest BCUT2D eigenvalue weighted by atomic mass is 19.4. The van der Waals surface area contributed by atoms with Crippen molar-refractivity contribution in [3.63, 3.8) is 0 Å². The number of rotatable bonds is 8. The van der Waals surface area contributed by atoms with E-state index in [9.17, 15) is 35.9 Å². The Morgan fingerprint density at radius 1 is 0.647 bits per heavy atom. The third-order valence-corrected chi connectivity index (χ3v) is 1.34. The van der Waals surface area contributed by atoms with Gasteiger partial charge in [0.2, 0.25) is 0 Å². The predicted molar refractivity (Wildman–Crippen MR) is 34.6 cm³/mol. The maximum Gasteiger partial charge on any atom is 0.190 e. The molecule has 0 amide bonds. The number of ether oxygens (including phenoxy) is 1. The highest BCUT2D eigenvalue weighted by molar-refractivity contribution is 4.55. The number of hydrogen-bond donors (Lipinski definition) is 0. The lowest BCUT2D eigenvalue weighted by Gasteiger charge is -2.23. The van der Waals surface area contributed by atoms with Crippen molar-refractivity contribution in [1.82, 2.24) is 21.4 Å².